The summed E-state index contributed by atoms with van der Waals surface area (Å²) in [5.41, 5.74) is 9.42. The van der Waals surface area contributed by atoms with Crippen LogP contribution in [0.25, 0.3) is 72.4 Å². The molecule has 9 aromatic carbocycles. The van der Waals surface area contributed by atoms with E-state index in [2.05, 4.69) is 254 Å². The van der Waals surface area contributed by atoms with Crippen LogP contribution in [-0.2, 0) is 34.5 Å². The van der Waals surface area contributed by atoms with Gasteiger partial charge in [0.05, 0.1) is 26.6 Å². The molecule has 0 aliphatic carbocycles. The molecule has 107 heavy (non-hydrogen) atoms. The van der Waals surface area contributed by atoms with E-state index >= 15 is 9.59 Å². The van der Waals surface area contributed by atoms with Crippen LogP contribution in [0.15, 0.2) is 176 Å². The number of unbranched alkanes of at least 4 members (excludes halogenated alkanes) is 10. The van der Waals surface area contributed by atoms with Crippen LogP contribution in [0.4, 0.5) is 5.69 Å². The maximum atomic E-state index is 16.1. The van der Waals surface area contributed by atoms with Crippen LogP contribution in [0.3, 0.4) is 0 Å². The minimum Gasteiger partial charge on any atom is -0.457 e. The van der Waals surface area contributed by atoms with Gasteiger partial charge in [-0.05, 0) is 199 Å². The van der Waals surface area contributed by atoms with Gasteiger partial charge in [0.1, 0.15) is 23.0 Å². The van der Waals surface area contributed by atoms with E-state index in [0.29, 0.717) is 45.2 Å². The molecule has 0 unspecified atom stereocenters. The number of anilines is 1. The lowest BCUT2D eigenvalue weighted by atomic mass is 9.79. The predicted octanol–water partition coefficient (Wildman–Crippen LogP) is 29.2. The third-order valence-electron chi connectivity index (χ3n) is 21.1. The summed E-state index contributed by atoms with van der Waals surface area (Å²) >= 11 is 7.45. The van der Waals surface area contributed by atoms with E-state index in [4.69, 9.17) is 9.47 Å². The molecule has 14 rings (SSSR count). The highest BCUT2D eigenvalue weighted by Crippen LogP contribution is 2.54. The quantitative estimate of drug-likeness (QED) is 0.0223. The van der Waals surface area contributed by atoms with Crippen molar-refractivity contribution in [2.75, 3.05) is 4.90 Å². The summed E-state index contributed by atoms with van der Waals surface area (Å²) in [4.78, 5) is 43.6. The molecule has 1 aliphatic rings. The van der Waals surface area contributed by atoms with E-state index in [9.17, 15) is 0 Å². The van der Waals surface area contributed by atoms with Crippen molar-refractivity contribution in [3.05, 3.63) is 241 Å². The van der Waals surface area contributed by atoms with Gasteiger partial charge in [-0.15, -0.1) is 45.3 Å². The summed E-state index contributed by atoms with van der Waals surface area (Å²) < 4.78 is 14.6. The molecule has 0 N–H and O–H groups in total. The standard InChI is InChI=1S/C98H99NO4S4/c1-15-17-19-21-23-28-33-64-57-71(49-37-62-31-26-25-27-32-62)104-91(64)84-55-53-82(106-84)83-54-56-85(107-83)92-65(34-29-24-22-20-18-16-2)58-72(105-92)50-38-63-39-51-75-86-73(63)35-30-36-74(86)88-80(102-69-45-40-66(41-46-69)95(3,4)5)60-76-87-77(61-81(89(75)90(87)88)103-70-47-42-67(43-48-70)96(6,7)8)94(101)99(93(76)100)79-59-68(97(9,10)11)44-52-78(79)98(12,13)14/h25-27,30-32,35-36,39-48,51-61H,15-24,28-29,33-34H2,1-14H3. The zero-order chi connectivity index (χ0) is 75.1. The largest absolute Gasteiger partial charge is 0.457 e. The number of carbonyl (C=O) groups is 2. The topological polar surface area (TPSA) is 55.8 Å². The number of hydrogen-bond acceptors (Lipinski definition) is 8. The first kappa shape index (κ1) is 74.8. The number of imide groups is 1. The molecule has 0 saturated heterocycles. The number of fused-ring (bicyclic) bond motifs is 2. The Labute approximate surface area is 650 Å². The summed E-state index contributed by atoms with van der Waals surface area (Å²) in [7, 11) is 0. The van der Waals surface area contributed by atoms with Crippen molar-refractivity contribution < 1.29 is 19.1 Å². The average Bonchev–Trinajstić information content (AvgIpc) is 0.817. The van der Waals surface area contributed by atoms with Crippen molar-refractivity contribution in [2.24, 2.45) is 0 Å². The van der Waals surface area contributed by atoms with Crippen molar-refractivity contribution in [1.29, 1.82) is 0 Å². The first-order valence-corrected chi connectivity index (χ1v) is 42.0. The molecule has 544 valence electrons. The van der Waals surface area contributed by atoms with Crippen molar-refractivity contribution in [3.8, 4) is 75.9 Å². The van der Waals surface area contributed by atoms with Crippen molar-refractivity contribution in [1.82, 2.24) is 0 Å². The van der Waals surface area contributed by atoms with Crippen molar-refractivity contribution in [2.45, 2.75) is 208 Å². The number of thiophene rings is 4. The number of nitrogens with zero attached hydrogens (tertiary/aromatic N) is 1. The predicted molar refractivity (Wildman–Crippen MR) is 460 cm³/mol. The van der Waals surface area contributed by atoms with E-state index in [0.717, 1.165) is 89.0 Å². The van der Waals surface area contributed by atoms with Gasteiger partial charge in [-0.1, -0.05) is 264 Å². The Morgan fingerprint density at radius 3 is 1.32 bits per heavy atom. The van der Waals surface area contributed by atoms with Crippen molar-refractivity contribution in [3.63, 3.8) is 0 Å². The first-order valence-electron chi connectivity index (χ1n) is 38.7. The minimum absolute atomic E-state index is 0.0924. The van der Waals surface area contributed by atoms with Crippen LogP contribution in [0.2, 0.25) is 0 Å². The molecule has 9 heteroatoms. The number of amides is 2. The fourth-order valence-corrected chi connectivity index (χ4v) is 19.7. The molecule has 5 heterocycles. The Kier molecular flexibility index (Phi) is 21.6. The zero-order valence-corrected chi connectivity index (χ0v) is 68.1. The lowest BCUT2D eigenvalue weighted by molar-refractivity contribution is 0.0892. The maximum absolute atomic E-state index is 16.1. The molecule has 1 aliphatic heterocycles. The summed E-state index contributed by atoms with van der Waals surface area (Å²) in [5, 5.41) is 6.69. The Balaban J connectivity index is 0.895. The smallest absolute Gasteiger partial charge is 0.266 e. The zero-order valence-electron chi connectivity index (χ0n) is 64.9. The molecular weight excluding hydrogens is 1380 g/mol. The van der Waals surface area contributed by atoms with Gasteiger partial charge in [-0.25, -0.2) is 4.90 Å². The van der Waals surface area contributed by atoms with Crippen LogP contribution >= 0.6 is 45.3 Å². The van der Waals surface area contributed by atoms with Gasteiger partial charge in [0.15, 0.2) is 0 Å². The van der Waals surface area contributed by atoms with Crippen LogP contribution in [0.5, 0.6) is 23.0 Å². The molecule has 0 saturated carbocycles. The Bertz CT molecular complexity index is 5450. The number of benzene rings is 9. The monoisotopic (exact) mass is 1480 g/mol. The fraction of sp³-hybridized carbons (Fsp3) is 0.327. The van der Waals surface area contributed by atoms with E-state index in [1.54, 1.807) is 0 Å². The molecule has 0 fully saturated rings. The highest BCUT2D eigenvalue weighted by molar-refractivity contribution is 7.28. The van der Waals surface area contributed by atoms with Gasteiger partial charge in [0.25, 0.3) is 11.8 Å². The summed E-state index contributed by atoms with van der Waals surface area (Å²) in [5.74, 6) is 16.0. The van der Waals surface area contributed by atoms with Crippen LogP contribution in [0.1, 0.15) is 249 Å². The van der Waals surface area contributed by atoms with Crippen LogP contribution in [-0.4, -0.2) is 11.8 Å². The van der Waals surface area contributed by atoms with E-state index < -0.39 is 17.2 Å². The Morgan fingerprint density at radius 2 is 0.822 bits per heavy atom. The third kappa shape index (κ3) is 15.8. The summed E-state index contributed by atoms with van der Waals surface area (Å²) in [6, 6.07) is 61.9. The lowest BCUT2D eigenvalue weighted by Crippen LogP contribution is -2.42. The fourth-order valence-electron chi connectivity index (χ4n) is 15.2. The summed E-state index contributed by atoms with van der Waals surface area (Å²) in [6.45, 7) is 30.7. The minimum atomic E-state index is -0.425. The molecule has 0 atom stereocenters. The van der Waals surface area contributed by atoms with Gasteiger partial charge in [0.2, 0.25) is 0 Å². The molecule has 2 amide bonds. The molecule has 13 aromatic rings. The highest BCUT2D eigenvalue weighted by Gasteiger charge is 2.41. The first-order chi connectivity index (χ1) is 51.3. The lowest BCUT2D eigenvalue weighted by Gasteiger charge is -2.34. The van der Waals surface area contributed by atoms with Gasteiger partial charge >= 0.3 is 0 Å². The highest BCUT2D eigenvalue weighted by atomic mass is 32.1. The second kappa shape index (κ2) is 30.9. The molecule has 4 aromatic heterocycles. The normalized spacial score (nSPS) is 12.8. The number of carbonyl (C=O) groups excluding carboxylic acids is 2. The van der Waals surface area contributed by atoms with Gasteiger partial charge in [-0.2, -0.15) is 0 Å². The maximum Gasteiger partial charge on any atom is 0.266 e. The van der Waals surface area contributed by atoms with Crippen LogP contribution < -0.4 is 14.4 Å². The number of rotatable bonds is 22. The molecular formula is C98H99NO4S4. The van der Waals surface area contributed by atoms with Gasteiger partial charge < -0.3 is 9.47 Å². The third-order valence-corrected chi connectivity index (χ3v) is 26.0. The number of aryl methyl sites for hydroxylation is 2. The van der Waals surface area contributed by atoms with Gasteiger partial charge in [-0.3, -0.25) is 9.59 Å². The summed E-state index contributed by atoms with van der Waals surface area (Å²) in [6.07, 6.45) is 17.1. The SMILES string of the molecule is CCCCCCCCc1cc(C#Cc2ccccc2)sc1-c1ccc(-c2ccc(-c3sc(C#Cc4ccc5c6c(Oc7ccc(C(C)(C)C)cc7)cc7c8c(cc(Oc9ccc(C(C)(C)C)cc9)c(c9cccc4c95)c86)C(=O)N(c4cc(C(C)(C)C)ccc4C(C)(C)C)C7=O)cc3CCCCCCCC)s2)s1. The number of ether oxygens (including phenoxy) is 2. The molecule has 0 spiro atoms. The Hall–Kier alpha value is -9.06. The van der Waals surface area contributed by atoms with E-state index in [1.807, 2.05) is 87.8 Å². The molecule has 0 radical (unpaired) electrons. The Morgan fingerprint density at radius 1 is 0.364 bits per heavy atom. The average molecular weight is 1480 g/mol. The number of hydrogen-bond donors (Lipinski definition) is 0. The molecule has 0 bridgehead atoms. The second-order valence-corrected chi connectivity index (χ2v) is 37.6. The van der Waals surface area contributed by atoms with Gasteiger partial charge in [0, 0.05) is 61.9 Å². The van der Waals surface area contributed by atoms with E-state index in [-0.39, 0.29) is 16.2 Å². The van der Waals surface area contributed by atoms with Crippen LogP contribution in [0, 0.1) is 23.7 Å². The second-order valence-electron chi connectivity index (χ2n) is 33.3. The van der Waals surface area contributed by atoms with E-state index in [1.165, 1.54) is 127 Å². The molecule has 5 nitrogen and oxygen atoms in total. The van der Waals surface area contributed by atoms with Crippen molar-refractivity contribution >= 4 is 106 Å².